The molecule has 1 atom stereocenters. The lowest BCUT2D eigenvalue weighted by molar-refractivity contribution is -0.137. The fourth-order valence-corrected chi connectivity index (χ4v) is 3.49. The van der Waals surface area contributed by atoms with Crippen LogP contribution in [0.25, 0.3) is 22.9 Å². The van der Waals surface area contributed by atoms with Gasteiger partial charge in [0.1, 0.15) is 11.6 Å². The average Bonchev–Trinajstić information content (AvgIpc) is 3.29. The highest BCUT2D eigenvalue weighted by molar-refractivity contribution is 6.31. The standard InChI is InChI=1S/C21H15ClF4N2O/c1-11-19(12-2-5-14(23)6-3-12)28-20(27-11)18-9-8-17(29-18)13-4-7-16(22)15(10-13)21(24,25)26/h2,4-10,12H,3H2,1H3,(H,27,28). The first kappa shape index (κ1) is 19.5. The van der Waals surface area contributed by atoms with Crippen molar-refractivity contribution in [2.24, 2.45) is 0 Å². The largest absolute Gasteiger partial charge is 0.453 e. The Balaban J connectivity index is 1.64. The Bertz CT molecular complexity index is 1120. The summed E-state index contributed by atoms with van der Waals surface area (Å²) in [5.41, 5.74) is 0.917. The molecule has 3 nitrogen and oxygen atoms in total. The number of nitrogens with one attached hydrogen (secondary N) is 1. The zero-order valence-corrected chi connectivity index (χ0v) is 15.9. The molecule has 0 bridgehead atoms. The number of allylic oxidation sites excluding steroid dienone is 4. The molecule has 0 fully saturated rings. The van der Waals surface area contributed by atoms with Crippen LogP contribution in [-0.2, 0) is 6.18 Å². The number of aryl methyl sites for hydroxylation is 1. The van der Waals surface area contributed by atoms with Crippen LogP contribution in [0.2, 0.25) is 5.02 Å². The van der Waals surface area contributed by atoms with Crippen LogP contribution in [0.1, 0.15) is 29.3 Å². The molecule has 1 unspecified atom stereocenters. The molecule has 3 aromatic rings. The minimum Gasteiger partial charge on any atom is -0.453 e. The summed E-state index contributed by atoms with van der Waals surface area (Å²) in [6, 6.07) is 6.83. The number of imidazole rings is 1. The Morgan fingerprint density at radius 3 is 2.62 bits per heavy atom. The van der Waals surface area contributed by atoms with Gasteiger partial charge in [0.2, 0.25) is 0 Å². The summed E-state index contributed by atoms with van der Waals surface area (Å²) in [4.78, 5) is 7.68. The molecule has 0 radical (unpaired) electrons. The van der Waals surface area contributed by atoms with Crippen molar-refractivity contribution in [2.45, 2.75) is 25.4 Å². The van der Waals surface area contributed by atoms with Gasteiger partial charge in [0.05, 0.1) is 16.3 Å². The van der Waals surface area contributed by atoms with Crippen molar-refractivity contribution in [1.82, 2.24) is 9.97 Å². The van der Waals surface area contributed by atoms with Crippen molar-refractivity contribution >= 4 is 11.6 Å². The maximum Gasteiger partial charge on any atom is 0.417 e. The number of benzene rings is 1. The third kappa shape index (κ3) is 3.87. The van der Waals surface area contributed by atoms with Gasteiger partial charge in [0.15, 0.2) is 11.6 Å². The van der Waals surface area contributed by atoms with E-state index >= 15 is 0 Å². The predicted octanol–water partition coefficient (Wildman–Crippen LogP) is 7.21. The summed E-state index contributed by atoms with van der Waals surface area (Å²) in [5, 5.41) is -0.370. The summed E-state index contributed by atoms with van der Waals surface area (Å²) in [5.74, 6) is 0.781. The second kappa shape index (κ2) is 7.22. The SMILES string of the molecule is Cc1[nH]c(-c2ccc(-c3ccc(Cl)c(C(F)(F)F)c3)o2)nc1C1C=CC(F)=CC1. The van der Waals surface area contributed by atoms with E-state index in [0.29, 0.717) is 18.0 Å². The lowest BCUT2D eigenvalue weighted by atomic mass is 9.96. The second-order valence-corrected chi connectivity index (χ2v) is 7.15. The molecular formula is C21H15ClF4N2O. The Hall–Kier alpha value is -2.80. The summed E-state index contributed by atoms with van der Waals surface area (Å²) in [7, 11) is 0. The van der Waals surface area contributed by atoms with Crippen molar-refractivity contribution in [1.29, 1.82) is 0 Å². The second-order valence-electron chi connectivity index (χ2n) is 6.74. The van der Waals surface area contributed by atoms with Crippen LogP contribution in [0.5, 0.6) is 0 Å². The van der Waals surface area contributed by atoms with Gasteiger partial charge in [-0.05, 0) is 55.8 Å². The number of hydrogen-bond acceptors (Lipinski definition) is 2. The van der Waals surface area contributed by atoms with E-state index in [9.17, 15) is 17.6 Å². The minimum absolute atomic E-state index is 0.0560. The van der Waals surface area contributed by atoms with E-state index in [1.807, 2.05) is 6.92 Å². The number of H-pyrrole nitrogens is 1. The molecule has 4 rings (SSSR count). The van der Waals surface area contributed by atoms with Crippen LogP contribution in [0, 0.1) is 6.92 Å². The van der Waals surface area contributed by atoms with Crippen LogP contribution >= 0.6 is 11.6 Å². The molecule has 1 aliphatic carbocycles. The monoisotopic (exact) mass is 422 g/mol. The number of nitrogens with zero attached hydrogens (tertiary/aromatic N) is 1. The normalized spacial score (nSPS) is 16.9. The molecule has 150 valence electrons. The Morgan fingerprint density at radius 1 is 1.17 bits per heavy atom. The van der Waals surface area contributed by atoms with Crippen LogP contribution in [0.3, 0.4) is 0 Å². The highest BCUT2D eigenvalue weighted by atomic mass is 35.5. The summed E-state index contributed by atoms with van der Waals surface area (Å²) in [6.45, 7) is 1.85. The maximum atomic E-state index is 13.2. The molecule has 0 amide bonds. The molecule has 29 heavy (non-hydrogen) atoms. The van der Waals surface area contributed by atoms with Crippen LogP contribution in [0.4, 0.5) is 17.6 Å². The molecule has 0 saturated heterocycles. The smallest absolute Gasteiger partial charge is 0.417 e. The Morgan fingerprint density at radius 2 is 1.93 bits per heavy atom. The lowest BCUT2D eigenvalue weighted by Gasteiger charge is -2.11. The number of aromatic amines is 1. The number of hydrogen-bond donors (Lipinski definition) is 1. The molecule has 2 heterocycles. The van der Waals surface area contributed by atoms with Gasteiger partial charge in [-0.3, -0.25) is 0 Å². The van der Waals surface area contributed by atoms with E-state index in [0.717, 1.165) is 17.5 Å². The zero-order chi connectivity index (χ0) is 20.8. The molecule has 2 aromatic heterocycles. The third-order valence-corrected chi connectivity index (χ3v) is 5.05. The zero-order valence-electron chi connectivity index (χ0n) is 15.1. The number of alkyl halides is 3. The van der Waals surface area contributed by atoms with E-state index in [4.69, 9.17) is 16.0 Å². The van der Waals surface area contributed by atoms with Gasteiger partial charge in [-0.15, -0.1) is 0 Å². The van der Waals surface area contributed by atoms with Crippen LogP contribution in [0.15, 0.2) is 58.8 Å². The van der Waals surface area contributed by atoms with E-state index < -0.39 is 11.7 Å². The predicted molar refractivity (Wildman–Crippen MR) is 102 cm³/mol. The highest BCUT2D eigenvalue weighted by Gasteiger charge is 2.33. The average molecular weight is 423 g/mol. The van der Waals surface area contributed by atoms with Gasteiger partial charge in [0, 0.05) is 17.2 Å². The van der Waals surface area contributed by atoms with Gasteiger partial charge in [-0.25, -0.2) is 9.37 Å². The fraction of sp³-hybridized carbons (Fsp3) is 0.190. The number of halogens is 5. The summed E-state index contributed by atoms with van der Waals surface area (Å²) < 4.78 is 58.2. The Kier molecular flexibility index (Phi) is 4.86. The van der Waals surface area contributed by atoms with Crippen molar-refractivity contribution in [3.63, 3.8) is 0 Å². The number of rotatable bonds is 3. The van der Waals surface area contributed by atoms with Crippen molar-refractivity contribution in [2.75, 3.05) is 0 Å². The molecule has 1 N–H and O–H groups in total. The van der Waals surface area contributed by atoms with E-state index in [1.165, 1.54) is 24.3 Å². The lowest BCUT2D eigenvalue weighted by Crippen LogP contribution is -2.05. The van der Waals surface area contributed by atoms with Crippen LogP contribution < -0.4 is 0 Å². The molecule has 8 heteroatoms. The molecule has 1 aromatic carbocycles. The summed E-state index contributed by atoms with van der Waals surface area (Å²) in [6.07, 6.45) is 0.606. The highest BCUT2D eigenvalue weighted by Crippen LogP contribution is 2.38. The van der Waals surface area contributed by atoms with Crippen molar-refractivity contribution < 1.29 is 22.0 Å². The van der Waals surface area contributed by atoms with E-state index in [2.05, 4.69) is 9.97 Å². The number of furan rings is 1. The fourth-order valence-electron chi connectivity index (χ4n) is 3.26. The number of aromatic nitrogens is 2. The van der Waals surface area contributed by atoms with Gasteiger partial charge in [0.25, 0.3) is 0 Å². The Labute approximate surface area is 168 Å². The first-order valence-electron chi connectivity index (χ1n) is 8.80. The molecular weight excluding hydrogens is 408 g/mol. The molecule has 1 aliphatic rings. The first-order valence-corrected chi connectivity index (χ1v) is 9.18. The summed E-state index contributed by atoms with van der Waals surface area (Å²) >= 11 is 5.67. The molecule has 0 saturated carbocycles. The van der Waals surface area contributed by atoms with Gasteiger partial charge >= 0.3 is 6.18 Å². The topological polar surface area (TPSA) is 41.8 Å². The van der Waals surface area contributed by atoms with E-state index in [-0.39, 0.29) is 28.1 Å². The van der Waals surface area contributed by atoms with Crippen molar-refractivity contribution in [3.05, 3.63) is 76.4 Å². The molecule has 0 aliphatic heterocycles. The first-order chi connectivity index (χ1) is 13.7. The maximum absolute atomic E-state index is 13.2. The minimum atomic E-state index is -4.56. The third-order valence-electron chi connectivity index (χ3n) is 4.72. The quantitative estimate of drug-likeness (QED) is 0.453. The van der Waals surface area contributed by atoms with Crippen LogP contribution in [-0.4, -0.2) is 9.97 Å². The van der Waals surface area contributed by atoms with Gasteiger partial charge < -0.3 is 9.40 Å². The van der Waals surface area contributed by atoms with Crippen molar-refractivity contribution in [3.8, 4) is 22.9 Å². The van der Waals surface area contributed by atoms with Gasteiger partial charge in [-0.2, -0.15) is 13.2 Å². The van der Waals surface area contributed by atoms with E-state index in [1.54, 1.807) is 18.2 Å². The molecule has 0 spiro atoms. The van der Waals surface area contributed by atoms with Gasteiger partial charge in [-0.1, -0.05) is 17.7 Å².